The first kappa shape index (κ1) is 12.1. The van der Waals surface area contributed by atoms with Crippen LogP contribution in [0.15, 0.2) is 35.4 Å². The second kappa shape index (κ2) is 4.94. The van der Waals surface area contributed by atoms with Gasteiger partial charge >= 0.3 is 0 Å². The highest BCUT2D eigenvalue weighted by Gasteiger charge is 2.13. The molecule has 1 aromatic carbocycles. The molecule has 0 amide bonds. The second-order valence-electron chi connectivity index (χ2n) is 4.51. The van der Waals surface area contributed by atoms with Crippen LogP contribution >= 0.6 is 11.8 Å². The predicted octanol–water partition coefficient (Wildman–Crippen LogP) is 3.24. The second-order valence-corrected chi connectivity index (χ2v) is 5.64. The maximum atomic E-state index is 9.22. The Morgan fingerprint density at radius 3 is 3.05 bits per heavy atom. The molecule has 0 atom stereocenters. The summed E-state index contributed by atoms with van der Waals surface area (Å²) in [5.41, 5.74) is 9.52. The highest BCUT2D eigenvalue weighted by Crippen LogP contribution is 2.34. The summed E-state index contributed by atoms with van der Waals surface area (Å²) in [6.07, 6.45) is 3.98. The molecule has 0 radical (unpaired) electrons. The summed E-state index contributed by atoms with van der Waals surface area (Å²) in [6, 6.07) is 10.4. The molecule has 0 aliphatic carbocycles. The first-order chi connectivity index (χ1) is 9.29. The molecule has 94 valence electrons. The maximum absolute atomic E-state index is 9.22. The van der Waals surface area contributed by atoms with Crippen molar-refractivity contribution in [3.63, 3.8) is 0 Å². The molecule has 0 fully saturated rings. The number of aromatic nitrogens is 1. The van der Waals surface area contributed by atoms with Crippen molar-refractivity contribution in [2.24, 2.45) is 0 Å². The molecular weight excluding hydrogens is 254 g/mol. The zero-order valence-corrected chi connectivity index (χ0v) is 11.2. The summed E-state index contributed by atoms with van der Waals surface area (Å²) < 4.78 is 0. The van der Waals surface area contributed by atoms with E-state index in [0.717, 1.165) is 17.5 Å². The highest BCUT2D eigenvalue weighted by molar-refractivity contribution is 7.99. The summed E-state index contributed by atoms with van der Waals surface area (Å²) in [5, 5.41) is 9.22. The summed E-state index contributed by atoms with van der Waals surface area (Å²) in [6.45, 7) is 0. The molecule has 3 rings (SSSR count). The molecule has 2 heterocycles. The third-order valence-corrected chi connectivity index (χ3v) is 4.51. The fraction of sp³-hybridized carbons (Fsp3) is 0.200. The van der Waals surface area contributed by atoms with Crippen molar-refractivity contribution in [1.82, 2.24) is 4.98 Å². The van der Waals surface area contributed by atoms with Crippen LogP contribution in [0.3, 0.4) is 0 Å². The van der Waals surface area contributed by atoms with Gasteiger partial charge in [0.1, 0.15) is 17.5 Å². The topological polar surface area (TPSA) is 62.7 Å². The number of hydrogen-bond acceptors (Lipinski definition) is 4. The van der Waals surface area contributed by atoms with Gasteiger partial charge < -0.3 is 5.73 Å². The lowest BCUT2D eigenvalue weighted by Gasteiger charge is -2.16. The third-order valence-electron chi connectivity index (χ3n) is 3.31. The van der Waals surface area contributed by atoms with Gasteiger partial charge in [-0.05, 0) is 47.9 Å². The number of nitriles is 1. The van der Waals surface area contributed by atoms with Crippen LogP contribution in [0.5, 0.6) is 0 Å². The minimum absolute atomic E-state index is 0.298. The molecule has 0 saturated heterocycles. The van der Waals surface area contributed by atoms with E-state index in [1.807, 2.05) is 17.8 Å². The largest absolute Gasteiger partial charge is 0.383 e. The number of rotatable bonds is 1. The van der Waals surface area contributed by atoms with Crippen LogP contribution in [0.1, 0.15) is 17.5 Å². The molecular formula is C15H13N3S. The first-order valence-electron chi connectivity index (χ1n) is 6.20. The number of nitrogen functional groups attached to an aromatic ring is 1. The fourth-order valence-corrected chi connectivity index (χ4v) is 3.38. The zero-order chi connectivity index (χ0) is 13.2. The fourth-order valence-electron chi connectivity index (χ4n) is 2.36. The Kier molecular flexibility index (Phi) is 3.14. The average molecular weight is 267 g/mol. The summed E-state index contributed by atoms with van der Waals surface area (Å²) in [7, 11) is 0. The first-order valence-corrected chi connectivity index (χ1v) is 7.19. The Labute approximate surface area is 116 Å². The van der Waals surface area contributed by atoms with E-state index in [4.69, 9.17) is 5.73 Å². The molecule has 1 aromatic heterocycles. The van der Waals surface area contributed by atoms with Crippen LogP contribution in [0.2, 0.25) is 0 Å². The average Bonchev–Trinajstić information content (AvgIpc) is 2.46. The van der Waals surface area contributed by atoms with E-state index in [1.54, 1.807) is 6.20 Å². The SMILES string of the molecule is N#Cc1c(-c2ccc3c(c2)CCCS3)ccnc1N. The van der Waals surface area contributed by atoms with Crippen molar-refractivity contribution in [2.45, 2.75) is 17.7 Å². The number of nitrogens with zero attached hydrogens (tertiary/aromatic N) is 2. The van der Waals surface area contributed by atoms with Gasteiger partial charge in [0.25, 0.3) is 0 Å². The van der Waals surface area contributed by atoms with Gasteiger partial charge in [0.2, 0.25) is 0 Å². The van der Waals surface area contributed by atoms with E-state index in [-0.39, 0.29) is 0 Å². The van der Waals surface area contributed by atoms with Crippen LogP contribution in [0, 0.1) is 11.3 Å². The minimum atomic E-state index is 0.298. The van der Waals surface area contributed by atoms with Gasteiger partial charge in [0.15, 0.2) is 0 Å². The molecule has 0 spiro atoms. The summed E-state index contributed by atoms with van der Waals surface area (Å²) in [5.74, 6) is 1.49. The van der Waals surface area contributed by atoms with Gasteiger partial charge in [-0.1, -0.05) is 6.07 Å². The van der Waals surface area contributed by atoms with E-state index in [1.165, 1.54) is 22.6 Å². The Morgan fingerprint density at radius 2 is 2.21 bits per heavy atom. The van der Waals surface area contributed by atoms with E-state index < -0.39 is 0 Å². The van der Waals surface area contributed by atoms with Crippen LogP contribution in [-0.2, 0) is 6.42 Å². The molecule has 1 aliphatic heterocycles. The van der Waals surface area contributed by atoms with E-state index in [9.17, 15) is 5.26 Å². The number of hydrogen-bond donors (Lipinski definition) is 1. The number of thioether (sulfide) groups is 1. The summed E-state index contributed by atoms with van der Waals surface area (Å²) >= 11 is 1.90. The Bertz CT molecular complexity index is 674. The smallest absolute Gasteiger partial charge is 0.141 e. The lowest BCUT2D eigenvalue weighted by molar-refractivity contribution is 0.890. The minimum Gasteiger partial charge on any atom is -0.383 e. The Hall–Kier alpha value is -1.99. The number of anilines is 1. The van der Waals surface area contributed by atoms with Crippen molar-refractivity contribution in [2.75, 3.05) is 11.5 Å². The van der Waals surface area contributed by atoms with Crippen LogP contribution in [0.25, 0.3) is 11.1 Å². The highest BCUT2D eigenvalue weighted by atomic mass is 32.2. The number of pyridine rings is 1. The molecule has 2 aromatic rings. The van der Waals surface area contributed by atoms with Crippen LogP contribution in [0.4, 0.5) is 5.82 Å². The number of fused-ring (bicyclic) bond motifs is 1. The molecule has 4 heteroatoms. The molecule has 0 bridgehead atoms. The van der Waals surface area contributed by atoms with Crippen molar-refractivity contribution < 1.29 is 0 Å². The van der Waals surface area contributed by atoms with Gasteiger partial charge in [0.05, 0.1) is 0 Å². The number of benzene rings is 1. The van der Waals surface area contributed by atoms with Crippen molar-refractivity contribution in [3.8, 4) is 17.2 Å². The van der Waals surface area contributed by atoms with E-state index in [2.05, 4.69) is 29.3 Å². The number of nitrogens with two attached hydrogens (primary N) is 1. The van der Waals surface area contributed by atoms with E-state index >= 15 is 0 Å². The van der Waals surface area contributed by atoms with Gasteiger partial charge in [-0.2, -0.15) is 5.26 Å². The number of aryl methyl sites for hydroxylation is 1. The predicted molar refractivity (Wildman–Crippen MR) is 77.8 cm³/mol. The van der Waals surface area contributed by atoms with Crippen LogP contribution < -0.4 is 5.73 Å². The molecule has 0 unspecified atom stereocenters. The van der Waals surface area contributed by atoms with Gasteiger partial charge in [-0.3, -0.25) is 0 Å². The Balaban J connectivity index is 2.13. The van der Waals surface area contributed by atoms with Gasteiger partial charge in [-0.15, -0.1) is 11.8 Å². The lowest BCUT2D eigenvalue weighted by atomic mass is 9.98. The summed E-state index contributed by atoms with van der Waals surface area (Å²) in [4.78, 5) is 5.33. The van der Waals surface area contributed by atoms with Gasteiger partial charge in [0, 0.05) is 16.7 Å². The molecule has 1 aliphatic rings. The zero-order valence-electron chi connectivity index (χ0n) is 10.4. The lowest BCUT2D eigenvalue weighted by Crippen LogP contribution is -2.00. The quantitative estimate of drug-likeness (QED) is 0.861. The monoisotopic (exact) mass is 267 g/mol. The molecule has 19 heavy (non-hydrogen) atoms. The standard InChI is InChI=1S/C15H13N3S/c16-9-13-12(5-6-18-15(13)17)10-3-4-14-11(8-10)2-1-7-19-14/h3-6,8H,1-2,7H2,(H2,17,18). The maximum Gasteiger partial charge on any atom is 0.141 e. The van der Waals surface area contributed by atoms with Crippen molar-refractivity contribution in [1.29, 1.82) is 5.26 Å². The normalized spacial score (nSPS) is 13.6. The molecule has 0 saturated carbocycles. The Morgan fingerprint density at radius 1 is 1.32 bits per heavy atom. The molecule has 2 N–H and O–H groups in total. The third kappa shape index (κ3) is 2.18. The van der Waals surface area contributed by atoms with Crippen molar-refractivity contribution >= 4 is 17.6 Å². The van der Waals surface area contributed by atoms with Crippen LogP contribution in [-0.4, -0.2) is 10.7 Å². The molecule has 3 nitrogen and oxygen atoms in total. The van der Waals surface area contributed by atoms with E-state index in [0.29, 0.717) is 11.4 Å². The van der Waals surface area contributed by atoms with Crippen molar-refractivity contribution in [3.05, 3.63) is 41.6 Å². The van der Waals surface area contributed by atoms with Gasteiger partial charge in [-0.25, -0.2) is 4.98 Å².